The second-order valence-corrected chi connectivity index (χ2v) is 12.8. The standard InChI is InChI=1S/C30H38N6O8S/c1-42-30-29(39)28(38)27(37)26(44-30)18-36-17-23(33-34-36)19-43-12-9-32-45(40,41)25(16-31)14-20-5-6-22-15-24(8-7-21(22)13-20)35-10-3-2-4-11-35/h5-8,13-15,17,26-30,32,37-39H,2-4,9-12,18-19H2,1H3/b25-14+/t26-,27-,28+,29-,30+/m1/s1. The van der Waals surface area contributed by atoms with Gasteiger partial charge >= 0.3 is 0 Å². The smallest absolute Gasteiger partial charge is 0.250 e. The first kappa shape index (κ1) is 32.9. The summed E-state index contributed by atoms with van der Waals surface area (Å²) in [5, 5.41) is 49.7. The zero-order chi connectivity index (χ0) is 32.0. The molecule has 4 N–H and O–H groups in total. The molecule has 2 fully saturated rings. The third kappa shape index (κ3) is 8.04. The van der Waals surface area contributed by atoms with Gasteiger partial charge in [-0.1, -0.05) is 23.4 Å². The predicted octanol–water partition coefficient (Wildman–Crippen LogP) is 0.876. The predicted molar refractivity (Wildman–Crippen MR) is 164 cm³/mol. The summed E-state index contributed by atoms with van der Waals surface area (Å²) in [5.74, 6) is 0. The van der Waals surface area contributed by atoms with Crippen LogP contribution in [-0.2, 0) is 37.4 Å². The number of fused-ring (bicyclic) bond motifs is 1. The van der Waals surface area contributed by atoms with Gasteiger partial charge < -0.3 is 34.4 Å². The van der Waals surface area contributed by atoms with Crippen molar-refractivity contribution in [2.75, 3.05) is 38.3 Å². The Bertz CT molecular complexity index is 1630. The van der Waals surface area contributed by atoms with Crippen molar-refractivity contribution < 1.29 is 37.9 Å². The molecule has 14 nitrogen and oxygen atoms in total. The number of hydrogen-bond acceptors (Lipinski definition) is 12. The zero-order valence-corrected chi connectivity index (χ0v) is 25.7. The van der Waals surface area contributed by atoms with Crippen molar-refractivity contribution in [1.82, 2.24) is 19.7 Å². The Morgan fingerprint density at radius 3 is 2.62 bits per heavy atom. The van der Waals surface area contributed by atoms with Crippen molar-refractivity contribution in [3.8, 4) is 6.07 Å². The summed E-state index contributed by atoms with van der Waals surface area (Å²) >= 11 is 0. The van der Waals surface area contributed by atoms with E-state index in [-0.39, 0.29) is 26.3 Å². The number of methoxy groups -OCH3 is 1. The van der Waals surface area contributed by atoms with Crippen LogP contribution in [0.4, 0.5) is 5.69 Å². The molecule has 5 rings (SSSR count). The van der Waals surface area contributed by atoms with E-state index in [1.165, 1.54) is 42.8 Å². The van der Waals surface area contributed by atoms with Crippen LogP contribution >= 0.6 is 0 Å². The number of allylic oxidation sites excluding steroid dienone is 1. The maximum Gasteiger partial charge on any atom is 0.250 e. The molecule has 2 aromatic carbocycles. The van der Waals surface area contributed by atoms with E-state index in [9.17, 15) is 29.0 Å². The quantitative estimate of drug-likeness (QED) is 0.161. The average molecular weight is 643 g/mol. The Labute approximate surface area is 261 Å². The molecule has 3 aromatic rings. The molecule has 2 aliphatic heterocycles. The summed E-state index contributed by atoms with van der Waals surface area (Å²) in [6, 6.07) is 13.6. The minimum absolute atomic E-state index is 0.00414. The summed E-state index contributed by atoms with van der Waals surface area (Å²) < 4.78 is 45.4. The minimum Gasteiger partial charge on any atom is -0.388 e. The highest BCUT2D eigenvalue weighted by molar-refractivity contribution is 7.93. The lowest BCUT2D eigenvalue weighted by molar-refractivity contribution is -0.292. The summed E-state index contributed by atoms with van der Waals surface area (Å²) in [6.45, 7) is 2.07. The van der Waals surface area contributed by atoms with Gasteiger partial charge in [-0.15, -0.1) is 5.10 Å². The second kappa shape index (κ2) is 14.8. The van der Waals surface area contributed by atoms with Crippen molar-refractivity contribution in [3.05, 3.63) is 58.8 Å². The Balaban J connectivity index is 1.11. The minimum atomic E-state index is -4.08. The topological polar surface area (TPSA) is 192 Å². The lowest BCUT2D eigenvalue weighted by atomic mass is 9.99. The number of nitrogens with one attached hydrogen (secondary N) is 1. The average Bonchev–Trinajstić information content (AvgIpc) is 3.50. The molecular weight excluding hydrogens is 604 g/mol. The fraction of sp³-hybridized carbons (Fsp3) is 0.500. The molecule has 0 amide bonds. The molecule has 0 aliphatic carbocycles. The molecular formula is C30H38N6O8S. The van der Waals surface area contributed by atoms with Gasteiger partial charge in [-0.3, -0.25) is 0 Å². The molecule has 0 spiro atoms. The zero-order valence-electron chi connectivity index (χ0n) is 24.9. The Morgan fingerprint density at radius 2 is 1.87 bits per heavy atom. The van der Waals surface area contributed by atoms with E-state index in [1.54, 1.807) is 18.3 Å². The number of aromatic nitrogens is 3. The molecule has 0 bridgehead atoms. The first-order valence-corrected chi connectivity index (χ1v) is 16.3. The molecule has 0 saturated carbocycles. The number of nitrogens with zero attached hydrogens (tertiary/aromatic N) is 5. The normalized spacial score (nSPS) is 24.6. The Hall–Kier alpha value is -3.46. The maximum atomic E-state index is 12.8. The van der Waals surface area contributed by atoms with Gasteiger partial charge in [0.05, 0.1) is 26.0 Å². The van der Waals surface area contributed by atoms with Crippen LogP contribution in [-0.4, -0.2) is 103 Å². The van der Waals surface area contributed by atoms with E-state index in [2.05, 4.69) is 32.1 Å². The number of hydrogen-bond donors (Lipinski definition) is 4. The lowest BCUT2D eigenvalue weighted by Crippen LogP contribution is -2.58. The Kier molecular flexibility index (Phi) is 10.8. The summed E-state index contributed by atoms with van der Waals surface area (Å²) in [4.78, 5) is 1.97. The van der Waals surface area contributed by atoms with Crippen LogP contribution in [0.1, 0.15) is 30.5 Å². The molecule has 1 aromatic heterocycles. The van der Waals surface area contributed by atoms with Crippen LogP contribution < -0.4 is 9.62 Å². The number of piperidine rings is 1. The number of benzene rings is 2. The molecule has 0 unspecified atom stereocenters. The number of nitriles is 1. The van der Waals surface area contributed by atoms with E-state index < -0.39 is 45.6 Å². The monoisotopic (exact) mass is 642 g/mol. The summed E-state index contributed by atoms with van der Waals surface area (Å²) in [5.41, 5.74) is 2.21. The largest absolute Gasteiger partial charge is 0.388 e. The van der Waals surface area contributed by atoms with Gasteiger partial charge in [0, 0.05) is 32.4 Å². The summed E-state index contributed by atoms with van der Waals surface area (Å²) in [7, 11) is -2.77. The van der Waals surface area contributed by atoms with Crippen molar-refractivity contribution in [2.24, 2.45) is 0 Å². The molecule has 2 aliphatic rings. The van der Waals surface area contributed by atoms with E-state index >= 15 is 0 Å². The number of anilines is 1. The van der Waals surface area contributed by atoms with Crippen molar-refractivity contribution in [3.63, 3.8) is 0 Å². The van der Waals surface area contributed by atoms with Crippen LogP contribution in [0.25, 0.3) is 16.8 Å². The van der Waals surface area contributed by atoms with E-state index in [0.717, 1.165) is 23.9 Å². The van der Waals surface area contributed by atoms with Crippen molar-refractivity contribution >= 4 is 32.6 Å². The van der Waals surface area contributed by atoms with Gasteiger partial charge in [0.1, 0.15) is 36.2 Å². The highest BCUT2D eigenvalue weighted by atomic mass is 32.2. The van der Waals surface area contributed by atoms with Gasteiger partial charge in [-0.2, -0.15) is 5.26 Å². The maximum absolute atomic E-state index is 12.8. The van der Waals surface area contributed by atoms with Crippen LogP contribution in [0.2, 0.25) is 0 Å². The molecule has 242 valence electrons. The van der Waals surface area contributed by atoms with Crippen LogP contribution in [0.5, 0.6) is 0 Å². The number of sulfonamides is 1. The molecule has 15 heteroatoms. The number of ether oxygens (including phenoxy) is 3. The first-order valence-electron chi connectivity index (χ1n) is 14.8. The van der Waals surface area contributed by atoms with Gasteiger partial charge in [0.15, 0.2) is 11.2 Å². The first-order chi connectivity index (χ1) is 21.7. The van der Waals surface area contributed by atoms with Gasteiger partial charge in [0.25, 0.3) is 10.0 Å². The molecule has 0 radical (unpaired) electrons. The van der Waals surface area contributed by atoms with Crippen LogP contribution in [0, 0.1) is 11.3 Å². The third-order valence-electron chi connectivity index (χ3n) is 7.91. The van der Waals surface area contributed by atoms with E-state index in [4.69, 9.17) is 14.2 Å². The second-order valence-electron chi connectivity index (χ2n) is 11.1. The fourth-order valence-corrected chi connectivity index (χ4v) is 6.37. The van der Waals surface area contributed by atoms with E-state index in [0.29, 0.717) is 11.3 Å². The Morgan fingerprint density at radius 1 is 1.11 bits per heavy atom. The molecule has 3 heterocycles. The van der Waals surface area contributed by atoms with Crippen molar-refractivity contribution in [2.45, 2.75) is 63.1 Å². The fourth-order valence-electron chi connectivity index (χ4n) is 5.45. The van der Waals surface area contributed by atoms with Gasteiger partial charge in [-0.05, 0) is 59.9 Å². The molecule has 45 heavy (non-hydrogen) atoms. The number of aliphatic hydroxyl groups excluding tert-OH is 3. The number of rotatable bonds is 12. The molecule has 2 saturated heterocycles. The highest BCUT2D eigenvalue weighted by Crippen LogP contribution is 2.27. The lowest BCUT2D eigenvalue weighted by Gasteiger charge is -2.39. The summed E-state index contributed by atoms with van der Waals surface area (Å²) in [6.07, 6.45) is 0.311. The van der Waals surface area contributed by atoms with E-state index in [1.807, 2.05) is 18.2 Å². The van der Waals surface area contributed by atoms with Crippen molar-refractivity contribution in [1.29, 1.82) is 5.26 Å². The van der Waals surface area contributed by atoms with Crippen LogP contribution in [0.3, 0.4) is 0 Å². The third-order valence-corrected chi connectivity index (χ3v) is 9.28. The van der Waals surface area contributed by atoms with Gasteiger partial charge in [0.2, 0.25) is 0 Å². The molecule has 5 atom stereocenters. The highest BCUT2D eigenvalue weighted by Gasteiger charge is 2.44. The van der Waals surface area contributed by atoms with Gasteiger partial charge in [-0.25, -0.2) is 17.8 Å². The number of aliphatic hydroxyl groups is 3. The SMILES string of the molecule is CO[C@H]1O[C@H](Cn2cc(COCCNS(=O)(=O)/C(C#N)=C/c3ccc4cc(N5CCCCC5)ccc4c3)nn2)[C@@H](O)[C@H](O)[C@H]1O. The van der Waals surface area contributed by atoms with Crippen LogP contribution in [0.15, 0.2) is 47.5 Å².